The lowest BCUT2D eigenvalue weighted by Crippen LogP contribution is -2.29. The van der Waals surface area contributed by atoms with E-state index in [4.69, 9.17) is 21.1 Å². The number of methoxy groups -OCH3 is 2. The quantitative estimate of drug-likeness (QED) is 0.440. The van der Waals surface area contributed by atoms with Gasteiger partial charge in [0.25, 0.3) is 5.91 Å². The van der Waals surface area contributed by atoms with Crippen LogP contribution in [0.15, 0.2) is 72.8 Å². The van der Waals surface area contributed by atoms with Crippen LogP contribution in [0.25, 0.3) is 11.3 Å². The van der Waals surface area contributed by atoms with Crippen molar-refractivity contribution in [2.75, 3.05) is 19.1 Å². The first-order valence-corrected chi connectivity index (χ1v) is 10.4. The van der Waals surface area contributed by atoms with Gasteiger partial charge in [-0.3, -0.25) is 14.8 Å². The molecule has 0 saturated heterocycles. The maximum atomic E-state index is 13.6. The van der Waals surface area contributed by atoms with Gasteiger partial charge in [0.15, 0.2) is 0 Å². The van der Waals surface area contributed by atoms with Crippen molar-refractivity contribution in [2.45, 2.75) is 6.04 Å². The van der Waals surface area contributed by atoms with Gasteiger partial charge in [0.1, 0.15) is 17.2 Å². The average molecular weight is 446 g/mol. The van der Waals surface area contributed by atoms with Gasteiger partial charge in [-0.1, -0.05) is 41.9 Å². The van der Waals surface area contributed by atoms with E-state index >= 15 is 0 Å². The number of nitrogens with zero attached hydrogens (tertiary/aromatic N) is 2. The summed E-state index contributed by atoms with van der Waals surface area (Å²) in [7, 11) is 3.23. The van der Waals surface area contributed by atoms with E-state index in [9.17, 15) is 4.79 Å². The Bertz CT molecular complexity index is 1290. The molecule has 0 fully saturated rings. The highest BCUT2D eigenvalue weighted by atomic mass is 35.5. The zero-order valence-corrected chi connectivity index (χ0v) is 18.3. The second-order valence-corrected chi connectivity index (χ2v) is 7.83. The molecule has 5 rings (SSSR count). The Morgan fingerprint density at radius 2 is 1.72 bits per heavy atom. The van der Waals surface area contributed by atoms with Crippen LogP contribution in [0.5, 0.6) is 11.5 Å². The van der Waals surface area contributed by atoms with E-state index in [0.29, 0.717) is 22.2 Å². The van der Waals surface area contributed by atoms with Crippen LogP contribution in [0.2, 0.25) is 5.02 Å². The highest BCUT2D eigenvalue weighted by Gasteiger charge is 2.44. The number of carbonyl (C=O) groups excluding carboxylic acids is 1. The number of rotatable bonds is 5. The van der Waals surface area contributed by atoms with Gasteiger partial charge in [-0.2, -0.15) is 5.10 Å². The van der Waals surface area contributed by atoms with Gasteiger partial charge in [0.05, 0.1) is 26.0 Å². The number of hydrogen-bond acceptors (Lipinski definition) is 4. The van der Waals surface area contributed by atoms with Crippen LogP contribution >= 0.6 is 11.6 Å². The molecule has 160 valence electrons. The number of amides is 1. The van der Waals surface area contributed by atoms with Crippen LogP contribution in [0, 0.1) is 0 Å². The summed E-state index contributed by atoms with van der Waals surface area (Å²) in [4.78, 5) is 15.4. The first-order valence-electron chi connectivity index (χ1n) is 10.1. The van der Waals surface area contributed by atoms with E-state index in [1.54, 1.807) is 31.3 Å². The van der Waals surface area contributed by atoms with Crippen LogP contribution in [0.3, 0.4) is 0 Å². The lowest BCUT2D eigenvalue weighted by atomic mass is 9.95. The number of hydrogen-bond donors (Lipinski definition) is 1. The molecule has 1 aromatic heterocycles. The molecular formula is C25H20ClN3O3. The molecule has 3 aromatic carbocycles. The Hall–Kier alpha value is -3.77. The van der Waals surface area contributed by atoms with Gasteiger partial charge in [0.2, 0.25) is 0 Å². The third kappa shape index (κ3) is 3.20. The van der Waals surface area contributed by atoms with Gasteiger partial charge in [-0.15, -0.1) is 0 Å². The van der Waals surface area contributed by atoms with Crippen molar-refractivity contribution in [1.82, 2.24) is 10.2 Å². The molecule has 1 aliphatic heterocycles. The number of halogens is 1. The molecule has 2 heterocycles. The molecule has 0 radical (unpaired) electrons. The fraction of sp³-hybridized carbons (Fsp3) is 0.120. The summed E-state index contributed by atoms with van der Waals surface area (Å²) < 4.78 is 11.2. The molecule has 0 bridgehead atoms. The van der Waals surface area contributed by atoms with Crippen molar-refractivity contribution >= 4 is 23.2 Å². The zero-order chi connectivity index (χ0) is 22.2. The molecule has 6 nitrogen and oxygen atoms in total. The molecule has 1 atom stereocenters. The highest BCUT2D eigenvalue weighted by Crippen LogP contribution is 2.48. The normalized spacial score (nSPS) is 15.0. The first-order chi connectivity index (χ1) is 15.6. The van der Waals surface area contributed by atoms with Crippen molar-refractivity contribution in [3.05, 3.63) is 94.6 Å². The number of carbonyl (C=O) groups is 1. The minimum Gasteiger partial charge on any atom is -0.497 e. The maximum absolute atomic E-state index is 13.6. The van der Waals surface area contributed by atoms with Gasteiger partial charge in [-0.25, -0.2) is 0 Å². The molecule has 0 saturated carbocycles. The topological polar surface area (TPSA) is 67.5 Å². The Morgan fingerprint density at radius 1 is 0.969 bits per heavy atom. The number of ether oxygens (including phenoxy) is 2. The summed E-state index contributed by atoms with van der Waals surface area (Å²) in [6.45, 7) is 0. The second kappa shape index (κ2) is 8.05. The second-order valence-electron chi connectivity index (χ2n) is 7.39. The summed E-state index contributed by atoms with van der Waals surface area (Å²) in [6.07, 6.45) is 0. The van der Waals surface area contributed by atoms with Gasteiger partial charge < -0.3 is 9.47 Å². The van der Waals surface area contributed by atoms with E-state index in [1.807, 2.05) is 60.7 Å². The fourth-order valence-corrected chi connectivity index (χ4v) is 4.30. The molecule has 7 heteroatoms. The number of benzene rings is 3. The van der Waals surface area contributed by atoms with Crippen LogP contribution < -0.4 is 14.4 Å². The molecular weight excluding hydrogens is 426 g/mol. The molecule has 1 unspecified atom stereocenters. The zero-order valence-electron chi connectivity index (χ0n) is 17.5. The van der Waals surface area contributed by atoms with Crippen LogP contribution in [-0.2, 0) is 0 Å². The maximum Gasteiger partial charge on any atom is 0.277 e. The van der Waals surface area contributed by atoms with Gasteiger partial charge in [0, 0.05) is 27.4 Å². The Morgan fingerprint density at radius 3 is 2.41 bits per heavy atom. The molecule has 1 aliphatic rings. The Balaban J connectivity index is 1.77. The number of nitrogens with one attached hydrogen (secondary N) is 1. The Kier molecular flexibility index (Phi) is 5.07. The highest BCUT2D eigenvalue weighted by molar-refractivity contribution is 6.30. The van der Waals surface area contributed by atoms with Crippen molar-refractivity contribution in [1.29, 1.82) is 0 Å². The first kappa shape index (κ1) is 20.2. The molecule has 1 amide bonds. The predicted octanol–water partition coefficient (Wildman–Crippen LogP) is 5.50. The number of aromatic nitrogens is 2. The number of fused-ring (bicyclic) bond motifs is 1. The summed E-state index contributed by atoms with van der Waals surface area (Å²) >= 11 is 6.11. The molecule has 0 aliphatic carbocycles. The number of H-pyrrole nitrogens is 1. The van der Waals surface area contributed by atoms with Crippen LogP contribution in [0.1, 0.15) is 27.7 Å². The van der Waals surface area contributed by atoms with Crippen molar-refractivity contribution in [3.8, 4) is 22.8 Å². The van der Waals surface area contributed by atoms with Gasteiger partial charge in [-0.05, 0) is 42.5 Å². The SMILES string of the molecule is COc1ccc(OC)c(C2c3c(-c4ccccc4)n[nH]c3C(=O)N2c2ccc(Cl)cc2)c1. The minimum absolute atomic E-state index is 0.174. The summed E-state index contributed by atoms with van der Waals surface area (Å²) in [6, 6.07) is 22.1. The van der Waals surface area contributed by atoms with Crippen LogP contribution in [0.4, 0.5) is 5.69 Å². The van der Waals surface area contributed by atoms with E-state index in [0.717, 1.165) is 28.1 Å². The summed E-state index contributed by atoms with van der Waals surface area (Å²) in [5, 5.41) is 8.08. The van der Waals surface area contributed by atoms with E-state index in [2.05, 4.69) is 10.2 Å². The molecule has 1 N–H and O–H groups in total. The fourth-order valence-electron chi connectivity index (χ4n) is 4.18. The lowest BCUT2D eigenvalue weighted by Gasteiger charge is -2.28. The minimum atomic E-state index is -0.474. The third-order valence-electron chi connectivity index (χ3n) is 5.65. The van der Waals surface area contributed by atoms with Crippen molar-refractivity contribution < 1.29 is 14.3 Å². The van der Waals surface area contributed by atoms with Crippen molar-refractivity contribution in [3.63, 3.8) is 0 Å². The number of anilines is 1. The molecule has 0 spiro atoms. The molecule has 4 aromatic rings. The largest absolute Gasteiger partial charge is 0.497 e. The van der Waals surface area contributed by atoms with E-state index in [1.165, 1.54) is 0 Å². The predicted molar refractivity (Wildman–Crippen MR) is 124 cm³/mol. The van der Waals surface area contributed by atoms with Crippen LogP contribution in [-0.4, -0.2) is 30.3 Å². The Labute approximate surface area is 190 Å². The summed E-state index contributed by atoms with van der Waals surface area (Å²) in [5.41, 5.74) is 4.41. The number of aromatic amines is 1. The van der Waals surface area contributed by atoms with E-state index < -0.39 is 6.04 Å². The lowest BCUT2D eigenvalue weighted by molar-refractivity contribution is 0.0988. The van der Waals surface area contributed by atoms with Crippen molar-refractivity contribution in [2.24, 2.45) is 0 Å². The van der Waals surface area contributed by atoms with Gasteiger partial charge >= 0.3 is 0 Å². The third-order valence-corrected chi connectivity index (χ3v) is 5.90. The summed E-state index contributed by atoms with van der Waals surface area (Å²) in [5.74, 6) is 1.14. The monoisotopic (exact) mass is 445 g/mol. The molecule has 32 heavy (non-hydrogen) atoms. The average Bonchev–Trinajstić information content (AvgIpc) is 3.39. The van der Waals surface area contributed by atoms with E-state index in [-0.39, 0.29) is 5.91 Å². The smallest absolute Gasteiger partial charge is 0.277 e. The standard InChI is InChI=1S/C25H20ClN3O3/c1-31-18-12-13-20(32-2)19(14-18)24-21-22(15-6-4-3-5-7-15)27-28-23(21)25(30)29(24)17-10-8-16(26)9-11-17/h3-14,24H,1-2H3,(H,27,28).